The van der Waals surface area contributed by atoms with E-state index in [9.17, 15) is 0 Å². The van der Waals surface area contributed by atoms with Crippen molar-refractivity contribution in [2.45, 2.75) is 19.9 Å². The highest BCUT2D eigenvalue weighted by molar-refractivity contribution is 5.62. The Morgan fingerprint density at radius 2 is 2.17 bits per heavy atom. The summed E-state index contributed by atoms with van der Waals surface area (Å²) in [5.74, 6) is 0. The van der Waals surface area contributed by atoms with Gasteiger partial charge in [0.05, 0.1) is 12.2 Å². The molecule has 0 spiro atoms. The van der Waals surface area contributed by atoms with Crippen LogP contribution in [0.4, 0.5) is 11.4 Å². The fourth-order valence-electron chi connectivity index (χ4n) is 2.54. The summed E-state index contributed by atoms with van der Waals surface area (Å²) in [4.78, 5) is 6.93. The average molecular weight is 239 g/mol. The molecule has 2 N–H and O–H groups in total. The molecule has 1 aromatic carbocycles. The van der Waals surface area contributed by atoms with E-state index in [-0.39, 0.29) is 0 Å². The van der Waals surface area contributed by atoms with Gasteiger partial charge in [-0.25, -0.2) is 0 Å². The molecular formula is C15H17N3. The summed E-state index contributed by atoms with van der Waals surface area (Å²) >= 11 is 0. The van der Waals surface area contributed by atoms with Crippen molar-refractivity contribution >= 4 is 11.4 Å². The molecule has 0 saturated heterocycles. The third-order valence-corrected chi connectivity index (χ3v) is 3.39. The Labute approximate surface area is 107 Å². The molecule has 0 bridgehead atoms. The summed E-state index contributed by atoms with van der Waals surface area (Å²) in [6.07, 6.45) is 1.08. The van der Waals surface area contributed by atoms with E-state index in [2.05, 4.69) is 34.1 Å². The van der Waals surface area contributed by atoms with E-state index in [1.165, 1.54) is 11.3 Å². The highest BCUT2D eigenvalue weighted by atomic mass is 15.2. The molecule has 0 fully saturated rings. The standard InChI is InChI=1S/C15H17N3/c1-11-3-2-4-14(17-11)10-18-8-7-12-9-13(16)5-6-15(12)18/h2-6,9H,7-8,10,16H2,1H3. The third kappa shape index (κ3) is 2.04. The van der Waals surface area contributed by atoms with Crippen molar-refractivity contribution in [2.75, 3.05) is 17.2 Å². The summed E-state index contributed by atoms with van der Waals surface area (Å²) in [5.41, 5.74) is 11.5. The molecular weight excluding hydrogens is 222 g/mol. The van der Waals surface area contributed by atoms with Crippen molar-refractivity contribution in [3.05, 3.63) is 53.3 Å². The van der Waals surface area contributed by atoms with Gasteiger partial charge in [-0.3, -0.25) is 4.98 Å². The minimum Gasteiger partial charge on any atom is -0.399 e. The molecule has 0 aliphatic carbocycles. The maximum atomic E-state index is 5.82. The first-order valence-electron chi connectivity index (χ1n) is 6.28. The van der Waals surface area contributed by atoms with Crippen LogP contribution in [0.2, 0.25) is 0 Å². The van der Waals surface area contributed by atoms with Crippen molar-refractivity contribution in [3.63, 3.8) is 0 Å². The van der Waals surface area contributed by atoms with E-state index in [0.29, 0.717) is 0 Å². The number of anilines is 2. The first-order chi connectivity index (χ1) is 8.72. The lowest BCUT2D eigenvalue weighted by Crippen LogP contribution is -2.20. The largest absolute Gasteiger partial charge is 0.399 e. The molecule has 2 heterocycles. The van der Waals surface area contributed by atoms with E-state index in [4.69, 9.17) is 5.73 Å². The van der Waals surface area contributed by atoms with Gasteiger partial charge in [0, 0.05) is 23.6 Å². The molecule has 92 valence electrons. The summed E-state index contributed by atoms with van der Waals surface area (Å²) in [5, 5.41) is 0. The number of aryl methyl sites for hydroxylation is 1. The van der Waals surface area contributed by atoms with Gasteiger partial charge in [-0.15, -0.1) is 0 Å². The highest BCUT2D eigenvalue weighted by Crippen LogP contribution is 2.30. The van der Waals surface area contributed by atoms with Gasteiger partial charge in [0.2, 0.25) is 0 Å². The third-order valence-electron chi connectivity index (χ3n) is 3.39. The summed E-state index contributed by atoms with van der Waals surface area (Å²) in [7, 11) is 0. The van der Waals surface area contributed by atoms with E-state index < -0.39 is 0 Å². The number of rotatable bonds is 2. The summed E-state index contributed by atoms with van der Waals surface area (Å²) in [6, 6.07) is 12.4. The van der Waals surface area contributed by atoms with Crippen LogP contribution in [0, 0.1) is 6.92 Å². The SMILES string of the molecule is Cc1cccc(CN2CCc3cc(N)ccc32)n1. The zero-order chi connectivity index (χ0) is 12.5. The molecule has 1 aromatic heterocycles. The number of nitrogens with zero attached hydrogens (tertiary/aromatic N) is 2. The number of benzene rings is 1. The zero-order valence-electron chi connectivity index (χ0n) is 10.6. The van der Waals surface area contributed by atoms with Crippen molar-refractivity contribution in [1.29, 1.82) is 0 Å². The zero-order valence-corrected chi connectivity index (χ0v) is 10.6. The molecule has 0 unspecified atom stereocenters. The molecule has 3 rings (SSSR count). The quantitative estimate of drug-likeness (QED) is 0.819. The van der Waals surface area contributed by atoms with Crippen LogP contribution in [-0.4, -0.2) is 11.5 Å². The Bertz CT molecular complexity index is 578. The fourth-order valence-corrected chi connectivity index (χ4v) is 2.54. The molecule has 0 amide bonds. The van der Waals surface area contributed by atoms with Crippen molar-refractivity contribution in [1.82, 2.24) is 4.98 Å². The topological polar surface area (TPSA) is 42.1 Å². The van der Waals surface area contributed by atoms with Crippen LogP contribution >= 0.6 is 0 Å². The Balaban J connectivity index is 1.85. The smallest absolute Gasteiger partial charge is 0.0602 e. The Kier molecular flexibility index (Phi) is 2.67. The Hall–Kier alpha value is -2.03. The predicted octanol–water partition coefficient (Wildman–Crippen LogP) is 2.53. The predicted molar refractivity (Wildman–Crippen MR) is 74.6 cm³/mol. The van der Waals surface area contributed by atoms with E-state index in [1.54, 1.807) is 0 Å². The number of aromatic nitrogens is 1. The van der Waals surface area contributed by atoms with Gasteiger partial charge in [-0.05, 0) is 49.2 Å². The molecule has 2 aromatic rings. The fraction of sp³-hybridized carbons (Fsp3) is 0.267. The lowest BCUT2D eigenvalue weighted by atomic mass is 10.1. The van der Waals surface area contributed by atoms with Crippen molar-refractivity contribution in [2.24, 2.45) is 0 Å². The van der Waals surface area contributed by atoms with Gasteiger partial charge >= 0.3 is 0 Å². The normalized spacial score (nSPS) is 13.7. The lowest BCUT2D eigenvalue weighted by molar-refractivity contribution is 0.810. The first-order valence-corrected chi connectivity index (χ1v) is 6.28. The molecule has 18 heavy (non-hydrogen) atoms. The second-order valence-corrected chi connectivity index (χ2v) is 4.83. The second-order valence-electron chi connectivity index (χ2n) is 4.83. The molecule has 3 heteroatoms. The van der Waals surface area contributed by atoms with Crippen LogP contribution in [0.3, 0.4) is 0 Å². The average Bonchev–Trinajstić information content (AvgIpc) is 2.72. The van der Waals surface area contributed by atoms with Gasteiger partial charge in [0.25, 0.3) is 0 Å². The summed E-state index contributed by atoms with van der Waals surface area (Å²) in [6.45, 7) is 3.95. The van der Waals surface area contributed by atoms with Crippen LogP contribution in [-0.2, 0) is 13.0 Å². The van der Waals surface area contributed by atoms with Gasteiger partial charge in [-0.2, -0.15) is 0 Å². The number of hydrogen-bond donors (Lipinski definition) is 1. The summed E-state index contributed by atoms with van der Waals surface area (Å²) < 4.78 is 0. The van der Waals surface area contributed by atoms with Crippen molar-refractivity contribution < 1.29 is 0 Å². The van der Waals surface area contributed by atoms with Crippen LogP contribution in [0.5, 0.6) is 0 Å². The van der Waals surface area contributed by atoms with Gasteiger partial charge < -0.3 is 10.6 Å². The molecule has 3 nitrogen and oxygen atoms in total. The molecule has 0 atom stereocenters. The maximum absolute atomic E-state index is 5.82. The van der Waals surface area contributed by atoms with Gasteiger partial charge in [0.1, 0.15) is 0 Å². The number of hydrogen-bond acceptors (Lipinski definition) is 3. The highest BCUT2D eigenvalue weighted by Gasteiger charge is 2.19. The number of pyridine rings is 1. The molecule has 0 saturated carbocycles. The minimum atomic E-state index is 0.851. The van der Waals surface area contributed by atoms with E-state index in [0.717, 1.165) is 36.6 Å². The number of fused-ring (bicyclic) bond motifs is 1. The van der Waals surface area contributed by atoms with E-state index >= 15 is 0 Å². The maximum Gasteiger partial charge on any atom is 0.0602 e. The van der Waals surface area contributed by atoms with Gasteiger partial charge in [0.15, 0.2) is 0 Å². The van der Waals surface area contributed by atoms with Crippen LogP contribution in [0.1, 0.15) is 17.0 Å². The van der Waals surface area contributed by atoms with Crippen molar-refractivity contribution in [3.8, 4) is 0 Å². The van der Waals surface area contributed by atoms with Crippen LogP contribution in [0.25, 0.3) is 0 Å². The lowest BCUT2D eigenvalue weighted by Gasteiger charge is -2.19. The van der Waals surface area contributed by atoms with Gasteiger partial charge in [-0.1, -0.05) is 6.07 Å². The number of nitrogen functional groups attached to an aromatic ring is 1. The Morgan fingerprint density at radius 3 is 3.00 bits per heavy atom. The van der Waals surface area contributed by atoms with Crippen LogP contribution < -0.4 is 10.6 Å². The first kappa shape index (κ1) is 11.1. The molecule has 1 aliphatic rings. The Morgan fingerprint density at radius 1 is 1.28 bits per heavy atom. The van der Waals surface area contributed by atoms with Crippen LogP contribution in [0.15, 0.2) is 36.4 Å². The minimum absolute atomic E-state index is 0.851. The van der Waals surface area contributed by atoms with E-state index in [1.807, 2.05) is 19.1 Å². The monoisotopic (exact) mass is 239 g/mol. The molecule has 1 aliphatic heterocycles. The molecule has 0 radical (unpaired) electrons. The second kappa shape index (κ2) is 4.33. The number of nitrogens with two attached hydrogens (primary N) is 1.